The van der Waals surface area contributed by atoms with Crippen molar-refractivity contribution in [1.29, 1.82) is 0 Å². The van der Waals surface area contributed by atoms with Crippen LogP contribution in [0.4, 0.5) is 0 Å². The van der Waals surface area contributed by atoms with Gasteiger partial charge in [0.05, 0.1) is 12.5 Å². The summed E-state index contributed by atoms with van der Waals surface area (Å²) in [4.78, 5) is 19.4. The van der Waals surface area contributed by atoms with Gasteiger partial charge in [-0.05, 0) is 17.7 Å². The second kappa shape index (κ2) is 5.76. The molecule has 0 aliphatic carbocycles. The van der Waals surface area contributed by atoms with Gasteiger partial charge in [0.15, 0.2) is 0 Å². The Morgan fingerprint density at radius 2 is 2.00 bits per heavy atom. The molecule has 0 aliphatic rings. The fourth-order valence-electron chi connectivity index (χ4n) is 2.24. The minimum absolute atomic E-state index is 0.0353. The third-order valence-corrected chi connectivity index (χ3v) is 4.78. The molecule has 0 saturated heterocycles. The molecule has 0 aliphatic heterocycles. The first-order chi connectivity index (χ1) is 10.9. The maximum atomic E-state index is 12.3. The first-order valence-corrected chi connectivity index (χ1v) is 9.12. The molecule has 23 heavy (non-hydrogen) atoms. The number of nitrogens with zero attached hydrogens (tertiary/aromatic N) is 1. The Kier molecular flexibility index (Phi) is 3.92. The highest BCUT2D eigenvalue weighted by Crippen LogP contribution is 2.31. The predicted octanol–water partition coefficient (Wildman–Crippen LogP) is 1.45. The van der Waals surface area contributed by atoms with Gasteiger partial charge in [0.25, 0.3) is 5.56 Å². The van der Waals surface area contributed by atoms with E-state index in [0.29, 0.717) is 10.2 Å². The molecular weight excluding hydrogens is 338 g/mol. The number of aromatic nitrogens is 2. The lowest BCUT2D eigenvalue weighted by Crippen LogP contribution is -2.19. The lowest BCUT2D eigenvalue weighted by atomic mass is 10.1. The molecule has 0 radical (unpaired) electrons. The number of aromatic amines is 1. The van der Waals surface area contributed by atoms with E-state index in [1.165, 1.54) is 11.3 Å². The van der Waals surface area contributed by atoms with Gasteiger partial charge in [-0.25, -0.2) is 18.5 Å². The Morgan fingerprint density at radius 3 is 2.61 bits per heavy atom. The van der Waals surface area contributed by atoms with Crippen molar-refractivity contribution in [3.8, 4) is 16.9 Å². The second-order valence-corrected chi connectivity index (χ2v) is 7.35. The summed E-state index contributed by atoms with van der Waals surface area (Å²) < 4.78 is 27.4. The fourth-order valence-corrected chi connectivity index (χ4v) is 3.72. The first-order valence-electron chi connectivity index (χ1n) is 6.52. The Balaban J connectivity index is 2.12. The average Bonchev–Trinajstić information content (AvgIpc) is 2.90. The van der Waals surface area contributed by atoms with Gasteiger partial charge < -0.3 is 9.72 Å². The van der Waals surface area contributed by atoms with E-state index in [4.69, 9.17) is 9.88 Å². The normalized spacial score (nSPS) is 11.7. The molecular formula is C14H13N3O4S2. The summed E-state index contributed by atoms with van der Waals surface area (Å²) >= 11 is 1.28. The average molecular weight is 351 g/mol. The summed E-state index contributed by atoms with van der Waals surface area (Å²) in [7, 11) is -2.18. The third-order valence-electron chi connectivity index (χ3n) is 3.23. The van der Waals surface area contributed by atoms with Crippen molar-refractivity contribution in [2.45, 2.75) is 5.75 Å². The SMILES string of the molecule is COc1ccc(-c2csc3nc(CS(N)(=O)=O)[nH]c(=O)c23)cc1. The lowest BCUT2D eigenvalue weighted by molar-refractivity contribution is 0.415. The zero-order valence-electron chi connectivity index (χ0n) is 12.1. The largest absolute Gasteiger partial charge is 0.497 e. The Bertz CT molecular complexity index is 1020. The van der Waals surface area contributed by atoms with Gasteiger partial charge in [-0.1, -0.05) is 12.1 Å². The number of hydrogen-bond donors (Lipinski definition) is 2. The van der Waals surface area contributed by atoms with Crippen LogP contribution in [-0.4, -0.2) is 25.5 Å². The minimum Gasteiger partial charge on any atom is -0.497 e. The zero-order valence-corrected chi connectivity index (χ0v) is 13.7. The van der Waals surface area contributed by atoms with Gasteiger partial charge in [0, 0.05) is 10.9 Å². The maximum Gasteiger partial charge on any atom is 0.260 e. The molecule has 0 saturated carbocycles. The number of nitrogens with two attached hydrogens (primary N) is 1. The molecule has 9 heteroatoms. The molecule has 2 aromatic heterocycles. The van der Waals surface area contributed by atoms with Crippen LogP contribution in [0.3, 0.4) is 0 Å². The molecule has 120 valence electrons. The van der Waals surface area contributed by atoms with E-state index in [1.54, 1.807) is 19.2 Å². The summed E-state index contributed by atoms with van der Waals surface area (Å²) in [6.07, 6.45) is 0. The van der Waals surface area contributed by atoms with E-state index >= 15 is 0 Å². The van der Waals surface area contributed by atoms with Crippen molar-refractivity contribution >= 4 is 31.6 Å². The highest BCUT2D eigenvalue weighted by atomic mass is 32.2. The van der Waals surface area contributed by atoms with Gasteiger partial charge in [-0.3, -0.25) is 4.79 Å². The number of hydrogen-bond acceptors (Lipinski definition) is 6. The van der Waals surface area contributed by atoms with Crippen molar-refractivity contribution in [3.63, 3.8) is 0 Å². The molecule has 3 aromatic rings. The molecule has 0 fully saturated rings. The number of benzene rings is 1. The van der Waals surface area contributed by atoms with Gasteiger partial charge in [0.2, 0.25) is 10.0 Å². The lowest BCUT2D eigenvalue weighted by Gasteiger charge is -2.03. The molecule has 0 atom stereocenters. The van der Waals surface area contributed by atoms with E-state index in [9.17, 15) is 13.2 Å². The van der Waals surface area contributed by atoms with Crippen LogP contribution in [0.2, 0.25) is 0 Å². The van der Waals surface area contributed by atoms with Gasteiger partial charge in [-0.2, -0.15) is 0 Å². The molecule has 1 aromatic carbocycles. The van der Waals surface area contributed by atoms with E-state index in [1.807, 2.05) is 17.5 Å². The van der Waals surface area contributed by atoms with E-state index in [0.717, 1.165) is 16.9 Å². The summed E-state index contributed by atoms with van der Waals surface area (Å²) in [5, 5.41) is 7.23. The smallest absolute Gasteiger partial charge is 0.260 e. The summed E-state index contributed by atoms with van der Waals surface area (Å²) in [5.41, 5.74) is 1.20. The number of rotatable bonds is 4. The van der Waals surface area contributed by atoms with Gasteiger partial charge in [-0.15, -0.1) is 11.3 Å². The number of nitrogens with one attached hydrogen (secondary N) is 1. The van der Waals surface area contributed by atoms with Crippen LogP contribution in [-0.2, 0) is 15.8 Å². The number of methoxy groups -OCH3 is 1. The molecule has 0 amide bonds. The monoisotopic (exact) mass is 351 g/mol. The van der Waals surface area contributed by atoms with E-state index < -0.39 is 15.8 Å². The zero-order chi connectivity index (χ0) is 16.6. The number of sulfonamides is 1. The molecule has 7 nitrogen and oxygen atoms in total. The highest BCUT2D eigenvalue weighted by molar-refractivity contribution is 7.88. The van der Waals surface area contributed by atoms with Crippen molar-refractivity contribution in [2.75, 3.05) is 7.11 Å². The van der Waals surface area contributed by atoms with Crippen molar-refractivity contribution in [2.24, 2.45) is 5.14 Å². The number of primary sulfonamides is 1. The van der Waals surface area contributed by atoms with Crippen molar-refractivity contribution in [3.05, 3.63) is 45.8 Å². The molecule has 3 rings (SSSR count). The summed E-state index contributed by atoms with van der Waals surface area (Å²) in [5.74, 6) is 0.248. The van der Waals surface area contributed by atoms with Crippen LogP contribution in [0.15, 0.2) is 34.4 Å². The molecule has 0 bridgehead atoms. The fraction of sp³-hybridized carbons (Fsp3) is 0.143. The topological polar surface area (TPSA) is 115 Å². The quantitative estimate of drug-likeness (QED) is 0.738. The molecule has 0 unspecified atom stereocenters. The summed E-state index contributed by atoms with van der Waals surface area (Å²) in [6.45, 7) is 0. The Labute approximate surface area is 135 Å². The minimum atomic E-state index is -3.76. The van der Waals surface area contributed by atoms with Gasteiger partial charge in [0.1, 0.15) is 22.2 Å². The van der Waals surface area contributed by atoms with Crippen molar-refractivity contribution < 1.29 is 13.2 Å². The third kappa shape index (κ3) is 3.26. The highest BCUT2D eigenvalue weighted by Gasteiger charge is 2.15. The Hall–Kier alpha value is -2.23. The predicted molar refractivity (Wildman–Crippen MR) is 89.0 cm³/mol. The van der Waals surface area contributed by atoms with Crippen molar-refractivity contribution in [1.82, 2.24) is 9.97 Å². The molecule has 0 spiro atoms. The van der Waals surface area contributed by atoms with Gasteiger partial charge >= 0.3 is 0 Å². The first kappa shape index (κ1) is 15.7. The number of H-pyrrole nitrogens is 1. The standard InChI is InChI=1S/C14H13N3O4S2/c1-21-9-4-2-8(3-5-9)10-6-22-14-12(10)13(18)16-11(17-14)7-23(15,19)20/h2-6H,7H2,1H3,(H2,15,19,20)(H,16,17,18). The number of fused-ring (bicyclic) bond motifs is 1. The summed E-state index contributed by atoms with van der Waals surface area (Å²) in [6, 6.07) is 7.29. The number of ether oxygens (including phenoxy) is 1. The van der Waals surface area contributed by atoms with Crippen LogP contribution in [0.25, 0.3) is 21.3 Å². The van der Waals surface area contributed by atoms with Crippen LogP contribution >= 0.6 is 11.3 Å². The molecule has 2 heterocycles. The van der Waals surface area contributed by atoms with Crippen LogP contribution in [0.1, 0.15) is 5.82 Å². The van der Waals surface area contributed by atoms with E-state index in [-0.39, 0.29) is 11.4 Å². The number of thiophene rings is 1. The maximum absolute atomic E-state index is 12.3. The molecule has 3 N–H and O–H groups in total. The van der Waals surface area contributed by atoms with Crippen LogP contribution in [0, 0.1) is 0 Å². The van der Waals surface area contributed by atoms with E-state index in [2.05, 4.69) is 9.97 Å². The van der Waals surface area contributed by atoms with Crippen LogP contribution < -0.4 is 15.4 Å². The Morgan fingerprint density at radius 1 is 1.30 bits per heavy atom. The van der Waals surface area contributed by atoms with Crippen LogP contribution in [0.5, 0.6) is 5.75 Å². The second-order valence-electron chi connectivity index (χ2n) is 4.88.